The van der Waals surface area contributed by atoms with Crippen LogP contribution in [0.1, 0.15) is 30.8 Å². The SMILES string of the molecule is CCc1nn(CC)c(CNCc2ccc(Br)cc2)c1Cl. The van der Waals surface area contributed by atoms with Crippen molar-refractivity contribution in [2.24, 2.45) is 0 Å². The van der Waals surface area contributed by atoms with Crippen LogP contribution in [0, 0.1) is 0 Å². The van der Waals surface area contributed by atoms with Crippen LogP contribution in [0.25, 0.3) is 0 Å². The lowest BCUT2D eigenvalue weighted by Crippen LogP contribution is -2.16. The highest BCUT2D eigenvalue weighted by molar-refractivity contribution is 9.10. The van der Waals surface area contributed by atoms with Gasteiger partial charge in [-0.05, 0) is 31.0 Å². The van der Waals surface area contributed by atoms with Crippen LogP contribution < -0.4 is 5.32 Å². The van der Waals surface area contributed by atoms with E-state index >= 15 is 0 Å². The topological polar surface area (TPSA) is 29.9 Å². The molecule has 0 saturated carbocycles. The fraction of sp³-hybridized carbons (Fsp3) is 0.400. The third-order valence-corrected chi connectivity index (χ3v) is 4.19. The Morgan fingerprint density at radius 3 is 2.50 bits per heavy atom. The molecule has 5 heteroatoms. The minimum absolute atomic E-state index is 0.732. The van der Waals surface area contributed by atoms with E-state index in [1.165, 1.54) is 5.56 Å². The smallest absolute Gasteiger partial charge is 0.0863 e. The maximum Gasteiger partial charge on any atom is 0.0863 e. The van der Waals surface area contributed by atoms with Gasteiger partial charge in [-0.3, -0.25) is 4.68 Å². The quantitative estimate of drug-likeness (QED) is 0.842. The Bertz CT molecular complexity index is 563. The number of benzene rings is 1. The number of aromatic nitrogens is 2. The van der Waals surface area contributed by atoms with Crippen LogP contribution in [-0.2, 0) is 26.1 Å². The zero-order chi connectivity index (χ0) is 14.5. The summed E-state index contributed by atoms with van der Waals surface area (Å²) in [5.41, 5.74) is 3.31. The fourth-order valence-electron chi connectivity index (χ4n) is 2.11. The normalized spacial score (nSPS) is 11.0. The molecule has 0 bridgehead atoms. The van der Waals surface area contributed by atoms with Gasteiger partial charge in [-0.2, -0.15) is 5.10 Å². The summed E-state index contributed by atoms with van der Waals surface area (Å²) in [4.78, 5) is 0. The summed E-state index contributed by atoms with van der Waals surface area (Å²) in [5.74, 6) is 0. The lowest BCUT2D eigenvalue weighted by atomic mass is 10.2. The molecule has 1 aromatic heterocycles. The van der Waals surface area contributed by atoms with Gasteiger partial charge in [0.2, 0.25) is 0 Å². The van der Waals surface area contributed by atoms with Gasteiger partial charge in [-0.25, -0.2) is 0 Å². The minimum atomic E-state index is 0.732. The molecule has 0 aliphatic heterocycles. The molecule has 1 heterocycles. The molecule has 0 aliphatic rings. The lowest BCUT2D eigenvalue weighted by molar-refractivity contribution is 0.577. The third kappa shape index (κ3) is 3.62. The lowest BCUT2D eigenvalue weighted by Gasteiger charge is -2.07. The van der Waals surface area contributed by atoms with Crippen LogP contribution in [0.3, 0.4) is 0 Å². The second-order valence-corrected chi connectivity index (χ2v) is 5.90. The molecular formula is C15H19BrClN3. The van der Waals surface area contributed by atoms with Gasteiger partial charge < -0.3 is 5.32 Å². The number of aryl methyl sites for hydroxylation is 2. The summed E-state index contributed by atoms with van der Waals surface area (Å²) in [6.07, 6.45) is 0.867. The van der Waals surface area contributed by atoms with E-state index in [9.17, 15) is 0 Å². The second-order valence-electron chi connectivity index (χ2n) is 4.61. The van der Waals surface area contributed by atoms with Crippen molar-refractivity contribution in [1.82, 2.24) is 15.1 Å². The fourth-order valence-corrected chi connectivity index (χ4v) is 2.71. The van der Waals surface area contributed by atoms with Crippen molar-refractivity contribution in [2.75, 3.05) is 0 Å². The van der Waals surface area contributed by atoms with Crippen LogP contribution in [0.2, 0.25) is 5.02 Å². The first kappa shape index (κ1) is 15.5. The van der Waals surface area contributed by atoms with Gasteiger partial charge in [0.15, 0.2) is 0 Å². The van der Waals surface area contributed by atoms with Gasteiger partial charge in [0.1, 0.15) is 0 Å². The van der Waals surface area contributed by atoms with Crippen molar-refractivity contribution in [1.29, 1.82) is 0 Å². The molecule has 3 nitrogen and oxygen atoms in total. The molecule has 0 radical (unpaired) electrons. The highest BCUT2D eigenvalue weighted by atomic mass is 79.9. The molecule has 0 amide bonds. The van der Waals surface area contributed by atoms with E-state index in [4.69, 9.17) is 11.6 Å². The molecule has 0 fully saturated rings. The average molecular weight is 357 g/mol. The third-order valence-electron chi connectivity index (χ3n) is 3.23. The standard InChI is InChI=1S/C15H19BrClN3/c1-3-13-15(17)14(20(4-2)19-13)10-18-9-11-5-7-12(16)8-6-11/h5-8,18H,3-4,9-10H2,1-2H3. The van der Waals surface area contributed by atoms with Crippen molar-refractivity contribution in [3.05, 3.63) is 50.7 Å². The largest absolute Gasteiger partial charge is 0.307 e. The minimum Gasteiger partial charge on any atom is -0.307 e. The predicted octanol–water partition coefficient (Wildman–Crippen LogP) is 4.17. The first-order chi connectivity index (χ1) is 9.65. The molecule has 20 heavy (non-hydrogen) atoms. The maximum atomic E-state index is 6.38. The van der Waals surface area contributed by atoms with Gasteiger partial charge in [0.25, 0.3) is 0 Å². The van der Waals surface area contributed by atoms with Gasteiger partial charge >= 0.3 is 0 Å². The Morgan fingerprint density at radius 1 is 1.20 bits per heavy atom. The molecule has 0 unspecified atom stereocenters. The van der Waals surface area contributed by atoms with Crippen LogP contribution in [0.5, 0.6) is 0 Å². The second kappa shape index (κ2) is 7.25. The van der Waals surface area contributed by atoms with Crippen LogP contribution in [0.4, 0.5) is 0 Å². The van der Waals surface area contributed by atoms with Crippen LogP contribution >= 0.6 is 27.5 Å². The van der Waals surface area contributed by atoms with Crippen LogP contribution in [0.15, 0.2) is 28.7 Å². The Labute approximate surface area is 133 Å². The van der Waals surface area contributed by atoms with E-state index in [0.717, 1.165) is 46.9 Å². The summed E-state index contributed by atoms with van der Waals surface area (Å²) in [7, 11) is 0. The number of rotatable bonds is 6. The van der Waals surface area contributed by atoms with Gasteiger partial charge in [0, 0.05) is 24.1 Å². The summed E-state index contributed by atoms with van der Waals surface area (Å²) in [5, 5.41) is 8.76. The predicted molar refractivity (Wildman–Crippen MR) is 87.0 cm³/mol. The summed E-state index contributed by atoms with van der Waals surface area (Å²) in [6, 6.07) is 8.31. The molecular weight excluding hydrogens is 338 g/mol. The molecule has 0 spiro atoms. The molecule has 2 aromatic rings. The zero-order valence-electron chi connectivity index (χ0n) is 11.8. The monoisotopic (exact) mass is 355 g/mol. The van der Waals surface area contributed by atoms with E-state index in [0.29, 0.717) is 0 Å². The molecule has 0 aliphatic carbocycles. The number of halogens is 2. The molecule has 108 valence electrons. The first-order valence-corrected chi connectivity index (χ1v) is 8.02. The molecule has 0 atom stereocenters. The van der Waals surface area contributed by atoms with Crippen molar-refractivity contribution in [2.45, 2.75) is 39.9 Å². The Kier molecular flexibility index (Phi) is 5.64. The number of nitrogens with zero attached hydrogens (tertiary/aromatic N) is 2. The van der Waals surface area contributed by atoms with E-state index in [-0.39, 0.29) is 0 Å². The van der Waals surface area contributed by atoms with E-state index in [1.54, 1.807) is 0 Å². The zero-order valence-corrected chi connectivity index (χ0v) is 14.1. The Hall–Kier alpha value is -0.840. The van der Waals surface area contributed by atoms with Gasteiger partial charge in [-0.15, -0.1) is 0 Å². The molecule has 0 saturated heterocycles. The van der Waals surface area contributed by atoms with E-state index in [1.807, 2.05) is 4.68 Å². The first-order valence-electron chi connectivity index (χ1n) is 6.84. The van der Waals surface area contributed by atoms with Crippen molar-refractivity contribution >= 4 is 27.5 Å². The van der Waals surface area contributed by atoms with E-state index in [2.05, 4.69) is 64.5 Å². The van der Waals surface area contributed by atoms with Crippen molar-refractivity contribution < 1.29 is 0 Å². The Balaban J connectivity index is 2.00. The Morgan fingerprint density at radius 2 is 1.90 bits per heavy atom. The van der Waals surface area contributed by atoms with Crippen molar-refractivity contribution in [3.8, 4) is 0 Å². The van der Waals surface area contributed by atoms with E-state index < -0.39 is 0 Å². The summed E-state index contributed by atoms with van der Waals surface area (Å²) >= 11 is 9.82. The highest BCUT2D eigenvalue weighted by Gasteiger charge is 2.13. The molecule has 1 aromatic carbocycles. The number of hydrogen-bond acceptors (Lipinski definition) is 2. The van der Waals surface area contributed by atoms with Gasteiger partial charge in [-0.1, -0.05) is 46.6 Å². The molecule has 1 N–H and O–H groups in total. The number of hydrogen-bond donors (Lipinski definition) is 1. The van der Waals surface area contributed by atoms with Crippen molar-refractivity contribution in [3.63, 3.8) is 0 Å². The molecule has 2 rings (SSSR count). The summed E-state index contributed by atoms with van der Waals surface area (Å²) < 4.78 is 3.08. The average Bonchev–Trinajstić information content (AvgIpc) is 2.77. The van der Waals surface area contributed by atoms with Crippen LogP contribution in [-0.4, -0.2) is 9.78 Å². The number of nitrogens with one attached hydrogen (secondary N) is 1. The summed E-state index contributed by atoms with van der Waals surface area (Å²) in [6.45, 7) is 6.55. The highest BCUT2D eigenvalue weighted by Crippen LogP contribution is 2.21. The van der Waals surface area contributed by atoms with Gasteiger partial charge in [0.05, 0.1) is 16.4 Å². The maximum absolute atomic E-state index is 6.38.